The molecule has 0 saturated heterocycles. The summed E-state index contributed by atoms with van der Waals surface area (Å²) < 4.78 is 47.5. The van der Waals surface area contributed by atoms with Gasteiger partial charge in [0, 0.05) is 17.6 Å². The van der Waals surface area contributed by atoms with Gasteiger partial charge in [0.15, 0.2) is 11.6 Å². The van der Waals surface area contributed by atoms with Gasteiger partial charge in [-0.2, -0.15) is 0 Å². The van der Waals surface area contributed by atoms with Gasteiger partial charge in [0.05, 0.1) is 23.2 Å². The third-order valence-electron chi connectivity index (χ3n) is 4.16. The minimum atomic E-state index is -1.56. The van der Waals surface area contributed by atoms with Gasteiger partial charge in [-0.3, -0.25) is 4.72 Å². The molecular formula is C19H14F2N2O2S. The largest absolute Gasteiger partial charge is 0.497 e. The quantitative estimate of drug-likeness (QED) is 0.544. The maximum Gasteiger partial charge on any atom is 0.160 e. The Labute approximate surface area is 150 Å². The summed E-state index contributed by atoms with van der Waals surface area (Å²) in [6.07, 6.45) is 1.54. The smallest absolute Gasteiger partial charge is 0.160 e. The van der Waals surface area contributed by atoms with Crippen molar-refractivity contribution >= 4 is 38.3 Å². The summed E-state index contributed by atoms with van der Waals surface area (Å²) in [4.78, 5) is 3.41. The molecule has 0 radical (unpaired) electrons. The van der Waals surface area contributed by atoms with Crippen molar-refractivity contribution in [3.05, 3.63) is 66.4 Å². The van der Waals surface area contributed by atoms with Crippen LogP contribution in [-0.4, -0.2) is 16.3 Å². The van der Waals surface area contributed by atoms with E-state index in [-0.39, 0.29) is 0 Å². The summed E-state index contributed by atoms with van der Waals surface area (Å²) in [7, 11) is 0.0402. The Morgan fingerprint density at radius 2 is 1.73 bits per heavy atom. The van der Waals surface area contributed by atoms with Crippen LogP contribution >= 0.6 is 0 Å². The second-order valence-corrected chi connectivity index (χ2v) is 6.97. The number of aromatic amines is 1. The number of benzene rings is 3. The average molecular weight is 372 g/mol. The van der Waals surface area contributed by atoms with Gasteiger partial charge in [0.1, 0.15) is 16.7 Å². The van der Waals surface area contributed by atoms with Crippen LogP contribution in [0.1, 0.15) is 0 Å². The van der Waals surface area contributed by atoms with Gasteiger partial charge in [0.25, 0.3) is 0 Å². The van der Waals surface area contributed by atoms with Crippen LogP contribution in [0.5, 0.6) is 5.75 Å². The molecule has 0 fully saturated rings. The molecule has 0 aliphatic carbocycles. The number of aromatic nitrogens is 1. The first-order chi connectivity index (χ1) is 12.5. The molecule has 0 bridgehead atoms. The lowest BCUT2D eigenvalue weighted by Crippen LogP contribution is -2.04. The lowest BCUT2D eigenvalue weighted by atomic mass is 10.1. The summed E-state index contributed by atoms with van der Waals surface area (Å²) >= 11 is 0. The Bertz CT molecular complexity index is 1160. The predicted octanol–water partition coefficient (Wildman–Crippen LogP) is 4.74. The minimum Gasteiger partial charge on any atom is -0.497 e. The van der Waals surface area contributed by atoms with Crippen molar-refractivity contribution in [3.63, 3.8) is 0 Å². The summed E-state index contributed by atoms with van der Waals surface area (Å²) in [6, 6.07) is 13.2. The van der Waals surface area contributed by atoms with Gasteiger partial charge < -0.3 is 9.72 Å². The van der Waals surface area contributed by atoms with E-state index in [4.69, 9.17) is 4.74 Å². The molecule has 4 nitrogen and oxygen atoms in total. The third-order valence-corrected chi connectivity index (χ3v) is 5.25. The molecule has 0 saturated carbocycles. The molecule has 1 heterocycles. The molecule has 1 aromatic heterocycles. The molecule has 2 N–H and O–H groups in total. The van der Waals surface area contributed by atoms with Gasteiger partial charge in [0.2, 0.25) is 0 Å². The first-order valence-electron chi connectivity index (χ1n) is 7.77. The second-order valence-electron chi connectivity index (χ2n) is 5.76. The van der Waals surface area contributed by atoms with Gasteiger partial charge >= 0.3 is 0 Å². The van der Waals surface area contributed by atoms with Gasteiger partial charge in [-0.15, -0.1) is 0 Å². The van der Waals surface area contributed by atoms with Crippen LogP contribution < -0.4 is 9.46 Å². The van der Waals surface area contributed by atoms with Crippen LogP contribution in [0.4, 0.5) is 14.5 Å². The number of H-pyrrole nitrogens is 1. The van der Waals surface area contributed by atoms with E-state index in [2.05, 4.69) is 9.71 Å². The maximum absolute atomic E-state index is 13.5. The van der Waals surface area contributed by atoms with E-state index in [1.807, 2.05) is 30.3 Å². The van der Waals surface area contributed by atoms with E-state index in [1.54, 1.807) is 13.2 Å². The molecule has 4 aromatic rings. The zero-order valence-corrected chi connectivity index (χ0v) is 14.5. The van der Waals surface area contributed by atoms with Crippen molar-refractivity contribution in [2.45, 2.75) is 4.90 Å². The highest BCUT2D eigenvalue weighted by atomic mass is 32.2. The standard InChI is InChI=1S/C19H14F2N2O2S/c1-25-13-4-2-12-7-14(5-3-11(12)6-13)26(24)23-19-10-22-18-9-17(21)16(20)8-15(18)19/h2-10,22-23H,1H3. The lowest BCUT2D eigenvalue weighted by molar-refractivity contribution is 0.415. The minimum absolute atomic E-state index is 0.425. The van der Waals surface area contributed by atoms with E-state index in [0.717, 1.165) is 28.7 Å². The summed E-state index contributed by atoms with van der Waals surface area (Å²) in [6.45, 7) is 0. The van der Waals surface area contributed by atoms with Gasteiger partial charge in [-0.05, 0) is 41.1 Å². The summed E-state index contributed by atoms with van der Waals surface area (Å²) in [5, 5.41) is 2.32. The molecular weight excluding hydrogens is 358 g/mol. The molecule has 0 amide bonds. The number of methoxy groups -OCH3 is 1. The van der Waals surface area contributed by atoms with E-state index < -0.39 is 22.6 Å². The fraction of sp³-hybridized carbons (Fsp3) is 0.0526. The zero-order valence-electron chi connectivity index (χ0n) is 13.7. The number of fused-ring (bicyclic) bond motifs is 2. The lowest BCUT2D eigenvalue weighted by Gasteiger charge is -2.07. The van der Waals surface area contributed by atoms with Gasteiger partial charge in [-0.1, -0.05) is 12.1 Å². The number of hydrogen-bond donors (Lipinski definition) is 2. The first kappa shape index (κ1) is 16.5. The fourth-order valence-corrected chi connectivity index (χ4v) is 3.72. The second kappa shape index (κ2) is 6.42. The SMILES string of the molecule is COc1ccc2cc(S(=O)Nc3c[nH]c4cc(F)c(F)cc34)ccc2c1. The topological polar surface area (TPSA) is 54.1 Å². The number of ether oxygens (including phenoxy) is 1. The van der Waals surface area contributed by atoms with E-state index in [0.29, 0.717) is 21.5 Å². The molecule has 1 unspecified atom stereocenters. The van der Waals surface area contributed by atoms with E-state index in [1.165, 1.54) is 6.20 Å². The monoisotopic (exact) mass is 372 g/mol. The molecule has 132 valence electrons. The van der Waals surface area contributed by atoms with Crippen LogP contribution in [-0.2, 0) is 11.0 Å². The highest BCUT2D eigenvalue weighted by Crippen LogP contribution is 2.28. The van der Waals surface area contributed by atoms with Gasteiger partial charge in [-0.25, -0.2) is 13.0 Å². The summed E-state index contributed by atoms with van der Waals surface area (Å²) in [5.41, 5.74) is 0.862. The van der Waals surface area contributed by atoms with E-state index in [9.17, 15) is 13.0 Å². The number of rotatable bonds is 4. The highest BCUT2D eigenvalue weighted by Gasteiger charge is 2.12. The highest BCUT2D eigenvalue weighted by molar-refractivity contribution is 7.86. The Morgan fingerprint density at radius 1 is 1.00 bits per heavy atom. The van der Waals surface area contributed by atoms with Crippen molar-refractivity contribution in [2.24, 2.45) is 0 Å². The van der Waals surface area contributed by atoms with Crippen molar-refractivity contribution in [2.75, 3.05) is 11.8 Å². The molecule has 0 aliphatic rings. The maximum atomic E-state index is 13.5. The van der Waals surface area contributed by atoms with Crippen LogP contribution in [0.3, 0.4) is 0 Å². The molecule has 26 heavy (non-hydrogen) atoms. The number of nitrogens with one attached hydrogen (secondary N) is 2. The van der Waals surface area contributed by atoms with E-state index >= 15 is 0 Å². The van der Waals surface area contributed by atoms with Crippen LogP contribution in [0.2, 0.25) is 0 Å². The molecule has 7 heteroatoms. The Morgan fingerprint density at radius 3 is 2.54 bits per heavy atom. The number of anilines is 1. The zero-order chi connectivity index (χ0) is 18.3. The van der Waals surface area contributed by atoms with Crippen molar-refractivity contribution < 1.29 is 17.7 Å². The summed E-state index contributed by atoms with van der Waals surface area (Å²) in [5.74, 6) is -1.14. The fourth-order valence-electron chi connectivity index (χ4n) is 2.80. The van der Waals surface area contributed by atoms with Crippen LogP contribution in [0.15, 0.2) is 59.6 Å². The Balaban J connectivity index is 1.66. The van der Waals surface area contributed by atoms with Crippen molar-refractivity contribution in [1.82, 2.24) is 4.98 Å². The molecule has 0 spiro atoms. The van der Waals surface area contributed by atoms with Crippen LogP contribution in [0.25, 0.3) is 21.7 Å². The molecule has 3 aromatic carbocycles. The predicted molar refractivity (Wildman–Crippen MR) is 98.7 cm³/mol. The Kier molecular flexibility index (Phi) is 4.08. The van der Waals surface area contributed by atoms with Crippen molar-refractivity contribution in [3.8, 4) is 5.75 Å². The average Bonchev–Trinajstić information content (AvgIpc) is 3.02. The normalized spacial score (nSPS) is 12.4. The number of hydrogen-bond acceptors (Lipinski definition) is 2. The molecule has 4 rings (SSSR count). The van der Waals surface area contributed by atoms with Crippen LogP contribution in [0, 0.1) is 11.6 Å². The molecule has 0 aliphatic heterocycles. The third kappa shape index (κ3) is 2.90. The number of halogens is 2. The molecule has 1 atom stereocenters. The van der Waals surface area contributed by atoms with Crippen molar-refractivity contribution in [1.29, 1.82) is 0 Å². The first-order valence-corrected chi connectivity index (χ1v) is 8.92. The Hall–Kier alpha value is -2.93.